The molecule has 0 aliphatic rings. The quantitative estimate of drug-likeness (QED) is 0.668. The highest BCUT2D eigenvalue weighted by Crippen LogP contribution is 2.35. The zero-order valence-corrected chi connectivity index (χ0v) is 16.2. The first kappa shape index (κ1) is 22.2. The number of hydrogen-bond donors (Lipinski definition) is 2. The van der Waals surface area contributed by atoms with Crippen LogP contribution in [0.5, 0.6) is 0 Å². The largest absolute Gasteiger partial charge is 0.417 e. The van der Waals surface area contributed by atoms with Crippen LogP contribution in [0.15, 0.2) is 53.4 Å². The van der Waals surface area contributed by atoms with Gasteiger partial charge in [-0.3, -0.25) is 4.79 Å². The third-order valence-electron chi connectivity index (χ3n) is 3.78. The van der Waals surface area contributed by atoms with Gasteiger partial charge < -0.3 is 5.32 Å². The van der Waals surface area contributed by atoms with Crippen molar-refractivity contribution in [2.24, 2.45) is 0 Å². The Kier molecular flexibility index (Phi) is 7.45. The van der Waals surface area contributed by atoms with Gasteiger partial charge in [0, 0.05) is 19.5 Å². The number of carbonyl (C=O) groups excluding carboxylic acids is 1. The molecule has 0 aliphatic carbocycles. The van der Waals surface area contributed by atoms with Gasteiger partial charge in [0.15, 0.2) is 0 Å². The van der Waals surface area contributed by atoms with Crippen LogP contribution in [0.4, 0.5) is 13.2 Å². The van der Waals surface area contributed by atoms with Crippen LogP contribution in [0.1, 0.15) is 17.5 Å². The van der Waals surface area contributed by atoms with E-state index in [0.29, 0.717) is 19.0 Å². The van der Waals surface area contributed by atoms with Crippen molar-refractivity contribution in [3.05, 3.63) is 64.7 Å². The molecule has 2 aromatic rings. The smallest absolute Gasteiger partial charge is 0.356 e. The zero-order chi connectivity index (χ0) is 20.8. The fraction of sp³-hybridized carbons (Fsp3) is 0.278. The Morgan fingerprint density at radius 2 is 1.71 bits per heavy atom. The monoisotopic (exact) mass is 434 g/mol. The molecule has 10 heteroatoms. The topological polar surface area (TPSA) is 75.3 Å². The van der Waals surface area contributed by atoms with Gasteiger partial charge in [-0.05, 0) is 30.2 Å². The fourth-order valence-electron chi connectivity index (χ4n) is 2.35. The van der Waals surface area contributed by atoms with Crippen LogP contribution in [0.3, 0.4) is 0 Å². The highest BCUT2D eigenvalue weighted by Gasteiger charge is 2.34. The lowest BCUT2D eigenvalue weighted by atomic mass is 10.1. The summed E-state index contributed by atoms with van der Waals surface area (Å²) >= 11 is 5.48. The molecule has 5 nitrogen and oxygen atoms in total. The first-order chi connectivity index (χ1) is 13.1. The normalized spacial score (nSPS) is 12.0. The summed E-state index contributed by atoms with van der Waals surface area (Å²) in [4.78, 5) is 11.2. The maximum atomic E-state index is 12.9. The Balaban J connectivity index is 1.85. The molecule has 0 fully saturated rings. The molecule has 0 atom stereocenters. The summed E-state index contributed by atoms with van der Waals surface area (Å²) in [5.41, 5.74) is -0.192. The molecule has 0 saturated carbocycles. The van der Waals surface area contributed by atoms with E-state index in [4.69, 9.17) is 11.6 Å². The van der Waals surface area contributed by atoms with E-state index >= 15 is 0 Å². The second-order valence-electron chi connectivity index (χ2n) is 5.87. The van der Waals surface area contributed by atoms with Gasteiger partial charge in [-0.25, -0.2) is 13.1 Å². The first-order valence-corrected chi connectivity index (χ1v) is 10.1. The Labute approximate surface area is 166 Å². The van der Waals surface area contributed by atoms with E-state index < -0.39 is 31.7 Å². The second-order valence-corrected chi connectivity index (χ2v) is 8.05. The van der Waals surface area contributed by atoms with Crippen LogP contribution in [0, 0.1) is 0 Å². The van der Waals surface area contributed by atoms with Gasteiger partial charge in [-0.15, -0.1) is 0 Å². The van der Waals surface area contributed by atoms with Crippen LogP contribution in [0.25, 0.3) is 0 Å². The van der Waals surface area contributed by atoms with Crippen molar-refractivity contribution in [3.63, 3.8) is 0 Å². The third-order valence-corrected chi connectivity index (χ3v) is 5.56. The van der Waals surface area contributed by atoms with E-state index in [1.165, 1.54) is 0 Å². The lowest BCUT2D eigenvalue weighted by molar-refractivity contribution is -0.137. The summed E-state index contributed by atoms with van der Waals surface area (Å²) in [6.45, 7) is 0.144. The molecule has 0 aliphatic heterocycles. The predicted octanol–water partition coefficient (Wildman–Crippen LogP) is 3.39. The summed E-state index contributed by atoms with van der Waals surface area (Å²) in [5, 5.41) is 2.06. The molecule has 152 valence electrons. The molecule has 0 radical (unpaired) electrons. The van der Waals surface area contributed by atoms with Gasteiger partial charge in [0.25, 0.3) is 0 Å². The molecular weight excluding hydrogens is 417 g/mol. The number of amides is 1. The van der Waals surface area contributed by atoms with Crippen molar-refractivity contribution in [3.8, 4) is 0 Å². The Morgan fingerprint density at radius 3 is 2.36 bits per heavy atom. The summed E-state index contributed by atoms with van der Waals surface area (Å²) in [7, 11) is -4.21. The Hall–Kier alpha value is -2.10. The minimum atomic E-state index is -4.78. The molecule has 1 amide bonds. The van der Waals surface area contributed by atoms with Crippen molar-refractivity contribution in [1.29, 1.82) is 0 Å². The molecule has 2 N–H and O–H groups in total. The molecule has 0 heterocycles. The molecule has 2 aromatic carbocycles. The van der Waals surface area contributed by atoms with Crippen LogP contribution < -0.4 is 10.0 Å². The Morgan fingerprint density at radius 1 is 1.04 bits per heavy atom. The number of hydrogen-bond acceptors (Lipinski definition) is 3. The molecule has 2 rings (SSSR count). The number of alkyl halides is 3. The van der Waals surface area contributed by atoms with E-state index in [1.54, 1.807) is 0 Å². The highest BCUT2D eigenvalue weighted by atomic mass is 35.5. The summed E-state index contributed by atoms with van der Waals surface area (Å²) < 4.78 is 65.0. The van der Waals surface area contributed by atoms with Crippen molar-refractivity contribution < 1.29 is 26.4 Å². The molecule has 28 heavy (non-hydrogen) atoms. The summed E-state index contributed by atoms with van der Waals surface area (Å²) in [6.07, 6.45) is -4.29. The van der Waals surface area contributed by atoms with Crippen LogP contribution in [-0.2, 0) is 27.4 Å². The molecule has 0 unspecified atom stereocenters. The first-order valence-electron chi connectivity index (χ1n) is 8.26. The van der Waals surface area contributed by atoms with Gasteiger partial charge in [0.05, 0.1) is 15.5 Å². The number of benzene rings is 2. The van der Waals surface area contributed by atoms with Crippen molar-refractivity contribution >= 4 is 27.5 Å². The Bertz CT molecular complexity index is 919. The van der Waals surface area contributed by atoms with Gasteiger partial charge in [0.1, 0.15) is 0 Å². The molecule has 0 aromatic heterocycles. The summed E-state index contributed by atoms with van der Waals surface area (Å²) in [6, 6.07) is 11.8. The maximum Gasteiger partial charge on any atom is 0.417 e. The highest BCUT2D eigenvalue weighted by molar-refractivity contribution is 7.89. The minimum absolute atomic E-state index is 0.145. The number of rotatable bonds is 8. The van der Waals surface area contributed by atoms with Crippen molar-refractivity contribution in [2.75, 3.05) is 13.1 Å². The van der Waals surface area contributed by atoms with E-state index in [-0.39, 0.29) is 18.9 Å². The molecular formula is C18H18ClF3N2O3S. The lowest BCUT2D eigenvalue weighted by Crippen LogP contribution is -2.31. The van der Waals surface area contributed by atoms with E-state index in [2.05, 4.69) is 10.0 Å². The number of halogens is 4. The van der Waals surface area contributed by atoms with Gasteiger partial charge >= 0.3 is 6.18 Å². The van der Waals surface area contributed by atoms with E-state index in [1.807, 2.05) is 30.3 Å². The molecule has 0 bridgehead atoms. The standard InChI is InChI=1S/C18H18ClF3N2O3S/c19-16-7-6-14(12-15(16)18(20,21)22)28(26,27)24-11-9-17(25)23-10-8-13-4-2-1-3-5-13/h1-7,12,24H,8-11H2,(H,23,25). The third kappa shape index (κ3) is 6.50. The molecule has 0 saturated heterocycles. The van der Waals surface area contributed by atoms with Crippen LogP contribution >= 0.6 is 11.6 Å². The zero-order valence-electron chi connectivity index (χ0n) is 14.6. The van der Waals surface area contributed by atoms with Gasteiger partial charge in [-0.1, -0.05) is 41.9 Å². The van der Waals surface area contributed by atoms with E-state index in [0.717, 1.165) is 17.7 Å². The maximum absolute atomic E-state index is 12.9. The number of carbonyl (C=O) groups is 1. The second kappa shape index (κ2) is 9.40. The fourth-order valence-corrected chi connectivity index (χ4v) is 3.63. The minimum Gasteiger partial charge on any atom is -0.356 e. The average Bonchev–Trinajstić information content (AvgIpc) is 2.61. The van der Waals surface area contributed by atoms with Gasteiger partial charge in [-0.2, -0.15) is 13.2 Å². The average molecular weight is 435 g/mol. The van der Waals surface area contributed by atoms with Crippen molar-refractivity contribution in [2.45, 2.75) is 23.9 Å². The number of nitrogens with one attached hydrogen (secondary N) is 2. The SMILES string of the molecule is O=C(CCNS(=O)(=O)c1ccc(Cl)c(C(F)(F)F)c1)NCCc1ccccc1. The molecule has 0 spiro atoms. The van der Waals surface area contributed by atoms with Crippen molar-refractivity contribution in [1.82, 2.24) is 10.0 Å². The van der Waals surface area contributed by atoms with E-state index in [9.17, 15) is 26.4 Å². The predicted molar refractivity (Wildman–Crippen MR) is 99.4 cm³/mol. The number of sulfonamides is 1. The van der Waals surface area contributed by atoms with Gasteiger partial charge in [0.2, 0.25) is 15.9 Å². The van der Waals surface area contributed by atoms with Crippen LogP contribution in [-0.4, -0.2) is 27.4 Å². The lowest BCUT2D eigenvalue weighted by Gasteiger charge is -2.12. The summed E-state index contributed by atoms with van der Waals surface area (Å²) in [5.74, 6) is -0.370. The van der Waals surface area contributed by atoms with Crippen LogP contribution in [0.2, 0.25) is 5.02 Å².